The third-order valence-electron chi connectivity index (χ3n) is 3.93. The molecule has 0 fully saturated rings. The lowest BCUT2D eigenvalue weighted by atomic mass is 10.1. The van der Waals surface area contributed by atoms with Gasteiger partial charge in [-0.2, -0.15) is 0 Å². The number of rotatable bonds is 4. The van der Waals surface area contributed by atoms with Gasteiger partial charge in [-0.1, -0.05) is 6.07 Å². The van der Waals surface area contributed by atoms with Gasteiger partial charge in [-0.15, -0.1) is 0 Å². The molecule has 6 nitrogen and oxygen atoms in total. The second-order valence-corrected chi connectivity index (χ2v) is 5.37. The average molecular weight is 339 g/mol. The Labute approximate surface area is 144 Å². The highest BCUT2D eigenvalue weighted by molar-refractivity contribution is 6.23. The van der Waals surface area contributed by atoms with Gasteiger partial charge in [-0.3, -0.25) is 9.69 Å². The van der Waals surface area contributed by atoms with Crippen molar-refractivity contribution in [2.75, 3.05) is 19.1 Å². The molecule has 1 aromatic heterocycles. The highest BCUT2D eigenvalue weighted by Gasteiger charge is 2.38. The molecule has 1 amide bonds. The highest BCUT2D eigenvalue weighted by Crippen LogP contribution is 2.36. The number of amides is 1. The van der Waals surface area contributed by atoms with Crippen molar-refractivity contribution in [2.24, 2.45) is 0 Å². The molecule has 6 heteroatoms. The lowest BCUT2D eigenvalue weighted by molar-refractivity contribution is -0.136. The Kier molecular flexibility index (Phi) is 4.43. The molecule has 1 aliphatic heterocycles. The Morgan fingerprint density at radius 2 is 2.00 bits per heavy atom. The second-order valence-electron chi connectivity index (χ2n) is 5.37. The average Bonchev–Trinajstić information content (AvgIpc) is 3.22. The van der Waals surface area contributed by atoms with Crippen LogP contribution in [-0.2, 0) is 14.3 Å². The first-order valence-corrected chi connectivity index (χ1v) is 7.60. The molecule has 3 rings (SSSR count). The van der Waals surface area contributed by atoms with Gasteiger partial charge in [0.05, 0.1) is 37.3 Å². The maximum atomic E-state index is 13.0. The summed E-state index contributed by atoms with van der Waals surface area (Å²) in [6, 6.07) is 10.5. The molecule has 1 aliphatic rings. The van der Waals surface area contributed by atoms with Gasteiger partial charge in [-0.05, 0) is 37.3 Å². The molecule has 0 radical (unpaired) electrons. The summed E-state index contributed by atoms with van der Waals surface area (Å²) in [7, 11) is 2.83. The summed E-state index contributed by atoms with van der Waals surface area (Å²) in [5.41, 5.74) is 1.53. The number of hydrogen-bond donors (Lipinski definition) is 0. The molecule has 0 unspecified atom stereocenters. The summed E-state index contributed by atoms with van der Waals surface area (Å²) in [5.74, 6) is 0.183. The summed E-state index contributed by atoms with van der Waals surface area (Å²) >= 11 is 0. The van der Waals surface area contributed by atoms with Crippen LogP contribution >= 0.6 is 0 Å². The zero-order valence-corrected chi connectivity index (χ0v) is 14.1. The summed E-state index contributed by atoms with van der Waals surface area (Å²) in [4.78, 5) is 26.7. The van der Waals surface area contributed by atoms with Gasteiger partial charge in [0.1, 0.15) is 11.5 Å². The molecule has 0 aliphatic carbocycles. The molecular weight excluding hydrogens is 322 g/mol. The minimum absolute atomic E-state index is 0.215. The van der Waals surface area contributed by atoms with E-state index in [1.807, 2.05) is 0 Å². The molecule has 0 spiro atoms. The monoisotopic (exact) mass is 339 g/mol. The lowest BCUT2D eigenvalue weighted by Gasteiger charge is -2.18. The molecule has 2 heterocycles. The summed E-state index contributed by atoms with van der Waals surface area (Å²) in [5, 5.41) is 0. The van der Waals surface area contributed by atoms with Crippen molar-refractivity contribution in [1.82, 2.24) is 0 Å². The molecule has 0 atom stereocenters. The number of hydrogen-bond acceptors (Lipinski definition) is 5. The van der Waals surface area contributed by atoms with Gasteiger partial charge in [-0.25, -0.2) is 4.79 Å². The summed E-state index contributed by atoms with van der Waals surface area (Å²) < 4.78 is 15.4. The van der Waals surface area contributed by atoms with E-state index < -0.39 is 5.97 Å². The first-order valence-electron chi connectivity index (χ1n) is 7.60. The number of carbonyl (C=O) groups excluding carboxylic acids is 2. The van der Waals surface area contributed by atoms with Crippen molar-refractivity contribution in [2.45, 2.75) is 6.92 Å². The number of furan rings is 1. The predicted molar refractivity (Wildman–Crippen MR) is 91.9 cm³/mol. The van der Waals surface area contributed by atoms with Crippen LogP contribution in [0.15, 0.2) is 63.9 Å². The molecule has 0 saturated heterocycles. The van der Waals surface area contributed by atoms with E-state index in [-0.39, 0.29) is 17.1 Å². The Bertz CT molecular complexity index is 877. The lowest BCUT2D eigenvalue weighted by Crippen LogP contribution is -2.24. The zero-order chi connectivity index (χ0) is 18.0. The predicted octanol–water partition coefficient (Wildman–Crippen LogP) is 3.17. The van der Waals surface area contributed by atoms with E-state index >= 15 is 0 Å². The molecule has 0 N–H and O–H groups in total. The fourth-order valence-corrected chi connectivity index (χ4v) is 2.76. The van der Waals surface area contributed by atoms with Crippen molar-refractivity contribution in [3.05, 3.63) is 65.3 Å². The first kappa shape index (κ1) is 16.6. The van der Waals surface area contributed by atoms with E-state index in [4.69, 9.17) is 13.9 Å². The van der Waals surface area contributed by atoms with E-state index in [9.17, 15) is 9.59 Å². The van der Waals surface area contributed by atoms with Gasteiger partial charge in [0.25, 0.3) is 5.91 Å². The number of allylic oxidation sites excluding steroid dienone is 1. The highest BCUT2D eigenvalue weighted by atomic mass is 16.5. The van der Waals surface area contributed by atoms with E-state index in [1.165, 1.54) is 24.3 Å². The third kappa shape index (κ3) is 2.94. The van der Waals surface area contributed by atoms with E-state index in [0.717, 1.165) is 0 Å². The number of ether oxygens (including phenoxy) is 2. The normalized spacial score (nSPS) is 15.9. The summed E-state index contributed by atoms with van der Waals surface area (Å²) in [6.45, 7) is 1.70. The molecule has 128 valence electrons. The van der Waals surface area contributed by atoms with Crippen molar-refractivity contribution in [1.29, 1.82) is 0 Å². The van der Waals surface area contributed by atoms with E-state index in [1.54, 1.807) is 50.4 Å². The maximum absolute atomic E-state index is 13.0. The van der Waals surface area contributed by atoms with Crippen LogP contribution in [0.5, 0.6) is 5.75 Å². The Hall–Kier alpha value is -3.28. The number of esters is 1. The van der Waals surface area contributed by atoms with Crippen molar-refractivity contribution < 1.29 is 23.5 Å². The molecule has 1 aromatic carbocycles. The molecule has 0 saturated carbocycles. The van der Waals surface area contributed by atoms with Gasteiger partial charge >= 0.3 is 5.97 Å². The van der Waals surface area contributed by atoms with E-state index in [2.05, 4.69) is 0 Å². The number of anilines is 1. The Balaban J connectivity index is 2.13. The fraction of sp³-hybridized carbons (Fsp3) is 0.158. The van der Waals surface area contributed by atoms with Gasteiger partial charge in [0.15, 0.2) is 0 Å². The standard InChI is InChI=1S/C19H17NO5/c1-12-17(19(22)24-3)16(11-15-8-5-9-25-15)18(21)20(12)13-6-4-7-14(10-13)23-2/h4-11H,1-3H3. The molecule has 0 bridgehead atoms. The zero-order valence-electron chi connectivity index (χ0n) is 14.1. The van der Waals surface area contributed by atoms with Crippen molar-refractivity contribution in [3.63, 3.8) is 0 Å². The quantitative estimate of drug-likeness (QED) is 0.632. The Morgan fingerprint density at radius 1 is 1.20 bits per heavy atom. The largest absolute Gasteiger partial charge is 0.497 e. The fourth-order valence-electron chi connectivity index (χ4n) is 2.76. The van der Waals surface area contributed by atoms with Crippen molar-refractivity contribution >= 4 is 23.6 Å². The number of methoxy groups -OCH3 is 2. The number of carbonyl (C=O) groups is 2. The third-order valence-corrected chi connectivity index (χ3v) is 3.93. The minimum Gasteiger partial charge on any atom is -0.497 e. The van der Waals surface area contributed by atoms with Crippen LogP contribution in [-0.4, -0.2) is 26.1 Å². The number of benzene rings is 1. The van der Waals surface area contributed by atoms with Crippen LogP contribution < -0.4 is 9.64 Å². The van der Waals surface area contributed by atoms with Crippen LogP contribution in [0.2, 0.25) is 0 Å². The van der Waals surface area contributed by atoms with Crippen molar-refractivity contribution in [3.8, 4) is 5.75 Å². The second kappa shape index (κ2) is 6.68. The SMILES string of the molecule is COC(=O)C1=C(C)N(c2cccc(OC)c2)C(=O)C1=Cc1ccco1. The first-order chi connectivity index (χ1) is 12.1. The van der Waals surface area contributed by atoms with Crippen LogP contribution in [0, 0.1) is 0 Å². The van der Waals surface area contributed by atoms with Crippen LogP contribution in [0.3, 0.4) is 0 Å². The molecule has 2 aromatic rings. The maximum Gasteiger partial charge on any atom is 0.340 e. The van der Waals surface area contributed by atoms with Crippen LogP contribution in [0.25, 0.3) is 6.08 Å². The minimum atomic E-state index is -0.575. The molecule has 25 heavy (non-hydrogen) atoms. The topological polar surface area (TPSA) is 69.0 Å². The van der Waals surface area contributed by atoms with Gasteiger partial charge in [0, 0.05) is 11.8 Å². The summed E-state index contributed by atoms with van der Waals surface area (Å²) in [6.07, 6.45) is 3.04. The van der Waals surface area contributed by atoms with Gasteiger partial charge in [0.2, 0.25) is 0 Å². The van der Waals surface area contributed by atoms with Crippen LogP contribution in [0.1, 0.15) is 12.7 Å². The molecular formula is C19H17NO5. The van der Waals surface area contributed by atoms with Gasteiger partial charge < -0.3 is 13.9 Å². The Morgan fingerprint density at radius 3 is 2.64 bits per heavy atom. The van der Waals surface area contributed by atoms with E-state index in [0.29, 0.717) is 22.9 Å². The van der Waals surface area contributed by atoms with Crippen LogP contribution in [0.4, 0.5) is 5.69 Å². The smallest absolute Gasteiger partial charge is 0.340 e. The number of nitrogens with zero attached hydrogens (tertiary/aromatic N) is 1.